The Bertz CT molecular complexity index is 855. The molecule has 0 aliphatic carbocycles. The van der Waals surface area contributed by atoms with Crippen molar-refractivity contribution in [3.05, 3.63) is 46.6 Å². The number of imidazole rings is 1. The van der Waals surface area contributed by atoms with Gasteiger partial charge in [0.05, 0.1) is 23.9 Å². The fraction of sp³-hybridized carbons (Fsp3) is 0.333. The van der Waals surface area contributed by atoms with Crippen LogP contribution in [0, 0.1) is 18.3 Å². The number of nitrogens with zero attached hydrogens (tertiary/aromatic N) is 3. The van der Waals surface area contributed by atoms with E-state index in [2.05, 4.69) is 67.8 Å². The number of hydrogen-bond acceptors (Lipinski definition) is 3. The highest BCUT2D eigenvalue weighted by molar-refractivity contribution is 7.15. The molecule has 22 heavy (non-hydrogen) atoms. The second kappa shape index (κ2) is 5.26. The Morgan fingerprint density at radius 3 is 2.50 bits per heavy atom. The molecule has 0 unspecified atom stereocenters. The van der Waals surface area contributed by atoms with Crippen molar-refractivity contribution >= 4 is 16.3 Å². The smallest absolute Gasteiger partial charge is 0.194 e. The van der Waals surface area contributed by atoms with Gasteiger partial charge in [0.2, 0.25) is 0 Å². The zero-order chi connectivity index (χ0) is 15.9. The second-order valence-corrected chi connectivity index (χ2v) is 7.43. The summed E-state index contributed by atoms with van der Waals surface area (Å²) in [6.07, 6.45) is 0.365. The molecule has 0 radical (unpaired) electrons. The van der Waals surface area contributed by atoms with Crippen molar-refractivity contribution in [2.24, 2.45) is 0 Å². The highest BCUT2D eigenvalue weighted by atomic mass is 32.1. The fourth-order valence-corrected chi connectivity index (χ4v) is 3.75. The standard InChI is InChI=1S/C18H19N3S/c1-12-5-7-13(8-6-12)16-14(9-10-19)21-15(18(2,3)4)11-22-17(21)20-16/h5-8,11H,9H2,1-4H3. The molecule has 0 saturated carbocycles. The Hall–Kier alpha value is -2.12. The number of aryl methyl sites for hydroxylation is 1. The molecule has 0 N–H and O–H groups in total. The Labute approximate surface area is 134 Å². The monoisotopic (exact) mass is 309 g/mol. The van der Waals surface area contributed by atoms with Crippen LogP contribution in [0.5, 0.6) is 0 Å². The van der Waals surface area contributed by atoms with Crippen molar-refractivity contribution in [3.63, 3.8) is 0 Å². The van der Waals surface area contributed by atoms with Crippen LogP contribution in [-0.4, -0.2) is 9.38 Å². The van der Waals surface area contributed by atoms with Crippen LogP contribution >= 0.6 is 11.3 Å². The van der Waals surface area contributed by atoms with Crippen LogP contribution < -0.4 is 0 Å². The molecule has 2 aromatic heterocycles. The van der Waals surface area contributed by atoms with Crippen LogP contribution in [0.25, 0.3) is 16.2 Å². The first-order valence-corrected chi connectivity index (χ1v) is 8.23. The second-order valence-electron chi connectivity index (χ2n) is 6.60. The molecule has 0 atom stereocenters. The summed E-state index contributed by atoms with van der Waals surface area (Å²) in [5.41, 5.74) is 5.46. The average molecular weight is 309 g/mol. The third-order valence-electron chi connectivity index (χ3n) is 3.80. The van der Waals surface area contributed by atoms with E-state index in [1.54, 1.807) is 11.3 Å². The highest BCUT2D eigenvalue weighted by Gasteiger charge is 2.24. The summed E-state index contributed by atoms with van der Waals surface area (Å²) in [7, 11) is 0. The summed E-state index contributed by atoms with van der Waals surface area (Å²) in [4.78, 5) is 5.76. The molecule has 4 heteroatoms. The normalized spacial score (nSPS) is 11.8. The van der Waals surface area contributed by atoms with E-state index in [9.17, 15) is 5.26 Å². The molecule has 3 nitrogen and oxygen atoms in total. The molecule has 3 rings (SSSR count). The zero-order valence-electron chi connectivity index (χ0n) is 13.3. The van der Waals surface area contributed by atoms with Crippen molar-refractivity contribution < 1.29 is 0 Å². The van der Waals surface area contributed by atoms with E-state index < -0.39 is 0 Å². The van der Waals surface area contributed by atoms with Gasteiger partial charge in [-0.25, -0.2) is 4.98 Å². The van der Waals surface area contributed by atoms with Crippen LogP contribution in [-0.2, 0) is 11.8 Å². The zero-order valence-corrected chi connectivity index (χ0v) is 14.2. The Kier molecular flexibility index (Phi) is 3.54. The van der Waals surface area contributed by atoms with Crippen molar-refractivity contribution in [2.45, 2.75) is 39.5 Å². The molecule has 0 fully saturated rings. The Balaban J connectivity index is 2.28. The van der Waals surface area contributed by atoms with Crippen LogP contribution in [0.1, 0.15) is 37.7 Å². The van der Waals surface area contributed by atoms with Gasteiger partial charge in [0.1, 0.15) is 0 Å². The fourth-order valence-electron chi connectivity index (χ4n) is 2.61. The minimum atomic E-state index is 0.0215. The van der Waals surface area contributed by atoms with Crippen LogP contribution in [0.4, 0.5) is 0 Å². The van der Waals surface area contributed by atoms with Gasteiger partial charge in [0, 0.05) is 22.1 Å². The number of hydrogen-bond donors (Lipinski definition) is 0. The Morgan fingerprint density at radius 1 is 1.23 bits per heavy atom. The van der Waals surface area contributed by atoms with Gasteiger partial charge in [-0.05, 0) is 6.92 Å². The van der Waals surface area contributed by atoms with E-state index in [1.165, 1.54) is 11.3 Å². The summed E-state index contributed by atoms with van der Waals surface area (Å²) in [6.45, 7) is 8.64. The van der Waals surface area contributed by atoms with E-state index in [-0.39, 0.29) is 5.41 Å². The molecule has 2 heterocycles. The quantitative estimate of drug-likeness (QED) is 0.686. The maximum absolute atomic E-state index is 9.26. The third kappa shape index (κ3) is 2.42. The van der Waals surface area contributed by atoms with Gasteiger partial charge < -0.3 is 0 Å². The molecule has 0 aliphatic heterocycles. The van der Waals surface area contributed by atoms with Crippen molar-refractivity contribution in [1.82, 2.24) is 9.38 Å². The summed E-state index contributed by atoms with van der Waals surface area (Å²) < 4.78 is 2.17. The molecular weight excluding hydrogens is 290 g/mol. The molecule has 1 aromatic carbocycles. The minimum absolute atomic E-state index is 0.0215. The summed E-state index contributed by atoms with van der Waals surface area (Å²) in [5, 5.41) is 11.4. The summed E-state index contributed by atoms with van der Waals surface area (Å²) in [6, 6.07) is 10.6. The maximum Gasteiger partial charge on any atom is 0.194 e. The van der Waals surface area contributed by atoms with Gasteiger partial charge in [0.15, 0.2) is 4.96 Å². The van der Waals surface area contributed by atoms with E-state index in [0.717, 1.165) is 21.9 Å². The molecular formula is C18H19N3S. The molecule has 0 saturated heterocycles. The van der Waals surface area contributed by atoms with Crippen LogP contribution in [0.3, 0.4) is 0 Å². The largest absolute Gasteiger partial charge is 0.289 e. The molecule has 0 amide bonds. The van der Waals surface area contributed by atoms with Gasteiger partial charge in [-0.1, -0.05) is 50.6 Å². The van der Waals surface area contributed by atoms with Gasteiger partial charge in [-0.15, -0.1) is 11.3 Å². The summed E-state index contributed by atoms with van der Waals surface area (Å²) in [5.74, 6) is 0. The number of benzene rings is 1. The lowest BCUT2D eigenvalue weighted by atomic mass is 9.93. The first-order chi connectivity index (χ1) is 10.4. The lowest BCUT2D eigenvalue weighted by molar-refractivity contribution is 0.562. The molecule has 0 aliphatic rings. The Morgan fingerprint density at radius 2 is 1.91 bits per heavy atom. The predicted octanol–water partition coefficient (Wildman–Crippen LogP) is 4.73. The van der Waals surface area contributed by atoms with Gasteiger partial charge >= 0.3 is 0 Å². The van der Waals surface area contributed by atoms with E-state index in [4.69, 9.17) is 4.98 Å². The first kappa shape index (κ1) is 14.8. The van der Waals surface area contributed by atoms with Crippen LogP contribution in [0.2, 0.25) is 0 Å². The van der Waals surface area contributed by atoms with E-state index in [1.807, 2.05) is 0 Å². The lowest BCUT2D eigenvalue weighted by Gasteiger charge is -2.18. The number of fused-ring (bicyclic) bond motifs is 1. The maximum atomic E-state index is 9.26. The third-order valence-corrected chi connectivity index (χ3v) is 4.62. The van der Waals surface area contributed by atoms with Crippen LogP contribution in [0.15, 0.2) is 29.6 Å². The average Bonchev–Trinajstić information content (AvgIpc) is 3.00. The predicted molar refractivity (Wildman–Crippen MR) is 91.3 cm³/mol. The lowest BCUT2D eigenvalue weighted by Crippen LogP contribution is -2.15. The number of aromatic nitrogens is 2. The molecule has 112 valence electrons. The summed E-state index contributed by atoms with van der Waals surface area (Å²) >= 11 is 1.64. The van der Waals surface area contributed by atoms with Gasteiger partial charge in [0.25, 0.3) is 0 Å². The molecule has 0 bridgehead atoms. The topological polar surface area (TPSA) is 41.1 Å². The number of nitriles is 1. The van der Waals surface area contributed by atoms with E-state index in [0.29, 0.717) is 6.42 Å². The van der Waals surface area contributed by atoms with E-state index >= 15 is 0 Å². The van der Waals surface area contributed by atoms with Gasteiger partial charge in [-0.3, -0.25) is 4.40 Å². The highest BCUT2D eigenvalue weighted by Crippen LogP contribution is 2.33. The molecule has 0 spiro atoms. The van der Waals surface area contributed by atoms with Crippen molar-refractivity contribution in [1.29, 1.82) is 5.26 Å². The van der Waals surface area contributed by atoms with Crippen molar-refractivity contribution in [2.75, 3.05) is 0 Å². The minimum Gasteiger partial charge on any atom is -0.289 e. The first-order valence-electron chi connectivity index (χ1n) is 7.35. The number of rotatable bonds is 2. The van der Waals surface area contributed by atoms with Gasteiger partial charge in [-0.2, -0.15) is 5.26 Å². The SMILES string of the molecule is Cc1ccc(-c2nc3scc(C(C)(C)C)n3c2CC#N)cc1. The van der Waals surface area contributed by atoms with Crippen molar-refractivity contribution in [3.8, 4) is 17.3 Å². The number of thiazole rings is 1. The molecule has 3 aromatic rings.